The zero-order chi connectivity index (χ0) is 9.42. The molecule has 68 valence electrons. The van der Waals surface area contributed by atoms with E-state index in [1.165, 1.54) is 11.3 Å². The van der Waals surface area contributed by atoms with Crippen LogP contribution < -0.4 is 9.64 Å². The van der Waals surface area contributed by atoms with Gasteiger partial charge in [0.15, 0.2) is 0 Å². The van der Waals surface area contributed by atoms with Gasteiger partial charge >= 0.3 is 0 Å². The summed E-state index contributed by atoms with van der Waals surface area (Å²) in [7, 11) is 3.73. The van der Waals surface area contributed by atoms with Crippen molar-refractivity contribution in [1.29, 1.82) is 0 Å². The molecule has 1 aliphatic rings. The number of nitrogens with zero attached hydrogens (tertiary/aromatic N) is 1. The molecule has 0 fully saturated rings. The van der Waals surface area contributed by atoms with Crippen LogP contribution >= 0.6 is 0 Å². The summed E-state index contributed by atoms with van der Waals surface area (Å²) in [6.45, 7) is 3.99. The molecule has 0 unspecified atom stereocenters. The molecule has 2 rings (SSSR count). The molecule has 1 aliphatic heterocycles. The van der Waals surface area contributed by atoms with E-state index in [0.29, 0.717) is 0 Å². The lowest BCUT2D eigenvalue weighted by molar-refractivity contribution is 0.414. The molecule has 0 atom stereocenters. The fourth-order valence-electron chi connectivity index (χ4n) is 1.67. The number of methoxy groups -OCH3 is 1. The minimum absolute atomic E-state index is 0.918. The lowest BCUT2D eigenvalue weighted by atomic mass is 10.1. The van der Waals surface area contributed by atoms with Crippen LogP contribution in [0, 0.1) is 0 Å². The molecule has 1 aromatic rings. The Morgan fingerprint density at radius 3 is 2.92 bits per heavy atom. The second-order valence-electron chi connectivity index (χ2n) is 3.30. The summed E-state index contributed by atoms with van der Waals surface area (Å²) in [5, 5.41) is 0. The molecular weight excluding hydrogens is 162 g/mol. The van der Waals surface area contributed by atoms with E-state index in [1.807, 2.05) is 13.1 Å². The molecule has 1 heterocycles. The summed E-state index contributed by atoms with van der Waals surface area (Å²) in [4.78, 5) is 2.12. The highest BCUT2D eigenvalue weighted by atomic mass is 16.5. The summed E-state index contributed by atoms with van der Waals surface area (Å²) in [6.07, 6.45) is 0.934. The number of rotatable bonds is 1. The van der Waals surface area contributed by atoms with Crippen LogP contribution in [0.4, 0.5) is 5.69 Å². The monoisotopic (exact) mass is 175 g/mol. The third-order valence-corrected chi connectivity index (χ3v) is 2.52. The maximum absolute atomic E-state index is 5.16. The Morgan fingerprint density at radius 2 is 2.23 bits per heavy atom. The molecule has 0 radical (unpaired) electrons. The molecule has 2 heteroatoms. The maximum atomic E-state index is 5.16. The van der Waals surface area contributed by atoms with Crippen molar-refractivity contribution in [3.05, 3.63) is 36.0 Å². The van der Waals surface area contributed by atoms with Gasteiger partial charge in [-0.25, -0.2) is 0 Å². The van der Waals surface area contributed by atoms with E-state index in [2.05, 4.69) is 23.6 Å². The van der Waals surface area contributed by atoms with Crippen molar-refractivity contribution in [3.63, 3.8) is 0 Å². The van der Waals surface area contributed by atoms with Crippen LogP contribution in [0.3, 0.4) is 0 Å². The Labute approximate surface area is 78.4 Å². The zero-order valence-electron chi connectivity index (χ0n) is 8.00. The van der Waals surface area contributed by atoms with Crippen LogP contribution in [0.1, 0.15) is 5.56 Å². The highest BCUT2D eigenvalue weighted by Gasteiger charge is 2.19. The number of anilines is 1. The van der Waals surface area contributed by atoms with E-state index in [-0.39, 0.29) is 0 Å². The van der Waals surface area contributed by atoms with Crippen molar-refractivity contribution in [3.8, 4) is 5.75 Å². The minimum Gasteiger partial charge on any atom is -0.497 e. The van der Waals surface area contributed by atoms with Gasteiger partial charge in [-0.2, -0.15) is 0 Å². The van der Waals surface area contributed by atoms with Crippen molar-refractivity contribution < 1.29 is 4.74 Å². The number of likely N-dealkylation sites (N-methyl/N-ethyl adjacent to an activating group) is 1. The van der Waals surface area contributed by atoms with Gasteiger partial charge in [-0.15, -0.1) is 0 Å². The summed E-state index contributed by atoms with van der Waals surface area (Å²) in [5.41, 5.74) is 3.68. The van der Waals surface area contributed by atoms with Crippen LogP contribution in [-0.4, -0.2) is 14.2 Å². The fourth-order valence-corrected chi connectivity index (χ4v) is 1.67. The van der Waals surface area contributed by atoms with Crippen molar-refractivity contribution in [2.24, 2.45) is 0 Å². The molecule has 0 spiro atoms. The number of hydrogen-bond acceptors (Lipinski definition) is 2. The molecule has 0 bridgehead atoms. The third-order valence-electron chi connectivity index (χ3n) is 2.52. The first kappa shape index (κ1) is 8.17. The molecular formula is C11H13NO. The Balaban J connectivity index is 2.46. The number of hydrogen-bond donors (Lipinski definition) is 0. The first-order valence-electron chi connectivity index (χ1n) is 4.31. The van der Waals surface area contributed by atoms with Gasteiger partial charge in [-0.1, -0.05) is 6.58 Å². The molecule has 0 saturated heterocycles. The Hall–Kier alpha value is -1.44. The van der Waals surface area contributed by atoms with Gasteiger partial charge in [0.25, 0.3) is 0 Å². The first-order chi connectivity index (χ1) is 6.22. The molecule has 0 aliphatic carbocycles. The lowest BCUT2D eigenvalue weighted by Gasteiger charge is -2.13. The Morgan fingerprint density at radius 1 is 1.46 bits per heavy atom. The predicted octanol–water partition coefficient (Wildman–Crippen LogP) is 2.20. The van der Waals surface area contributed by atoms with Gasteiger partial charge in [0.1, 0.15) is 5.75 Å². The van der Waals surface area contributed by atoms with Gasteiger partial charge in [-0.3, -0.25) is 0 Å². The van der Waals surface area contributed by atoms with Crippen molar-refractivity contribution in [2.75, 3.05) is 19.1 Å². The van der Waals surface area contributed by atoms with E-state index in [0.717, 1.165) is 17.9 Å². The zero-order valence-corrected chi connectivity index (χ0v) is 8.00. The summed E-state index contributed by atoms with van der Waals surface area (Å²) < 4.78 is 5.16. The fraction of sp³-hybridized carbons (Fsp3) is 0.273. The smallest absolute Gasteiger partial charge is 0.119 e. The van der Waals surface area contributed by atoms with Crippen LogP contribution in [0.5, 0.6) is 5.75 Å². The van der Waals surface area contributed by atoms with Crippen molar-refractivity contribution >= 4 is 5.69 Å². The highest BCUT2D eigenvalue weighted by molar-refractivity contribution is 5.65. The normalized spacial score (nSPS) is 14.6. The Kier molecular flexibility index (Phi) is 1.76. The SMILES string of the molecule is C=C1Cc2cc(OC)ccc2N1C. The van der Waals surface area contributed by atoms with E-state index >= 15 is 0 Å². The van der Waals surface area contributed by atoms with Crippen molar-refractivity contribution in [1.82, 2.24) is 0 Å². The second-order valence-corrected chi connectivity index (χ2v) is 3.30. The highest BCUT2D eigenvalue weighted by Crippen LogP contribution is 2.34. The Bertz CT molecular complexity index is 357. The number of benzene rings is 1. The van der Waals surface area contributed by atoms with Gasteiger partial charge in [0, 0.05) is 24.9 Å². The standard InChI is InChI=1S/C11H13NO/c1-8-6-9-7-10(13-3)4-5-11(9)12(8)2/h4-5,7H,1,6H2,2-3H3. The third kappa shape index (κ3) is 1.18. The van der Waals surface area contributed by atoms with E-state index in [4.69, 9.17) is 4.74 Å². The predicted molar refractivity (Wildman–Crippen MR) is 54.2 cm³/mol. The largest absolute Gasteiger partial charge is 0.497 e. The van der Waals surface area contributed by atoms with Crippen LogP contribution in [0.2, 0.25) is 0 Å². The average molecular weight is 175 g/mol. The van der Waals surface area contributed by atoms with E-state index in [9.17, 15) is 0 Å². The van der Waals surface area contributed by atoms with Crippen LogP contribution in [-0.2, 0) is 6.42 Å². The molecule has 0 N–H and O–H groups in total. The quantitative estimate of drug-likeness (QED) is 0.648. The maximum Gasteiger partial charge on any atom is 0.119 e. The molecule has 0 saturated carbocycles. The van der Waals surface area contributed by atoms with Gasteiger partial charge in [-0.05, 0) is 23.8 Å². The second kappa shape index (κ2) is 2.80. The number of fused-ring (bicyclic) bond motifs is 1. The molecule has 13 heavy (non-hydrogen) atoms. The van der Waals surface area contributed by atoms with Crippen LogP contribution in [0.15, 0.2) is 30.5 Å². The molecule has 0 aromatic heterocycles. The van der Waals surface area contributed by atoms with E-state index in [1.54, 1.807) is 7.11 Å². The summed E-state index contributed by atoms with van der Waals surface area (Å²) >= 11 is 0. The summed E-state index contributed by atoms with van der Waals surface area (Å²) in [5.74, 6) is 0.918. The molecule has 2 nitrogen and oxygen atoms in total. The first-order valence-corrected chi connectivity index (χ1v) is 4.31. The van der Waals surface area contributed by atoms with Crippen LogP contribution in [0.25, 0.3) is 0 Å². The van der Waals surface area contributed by atoms with Crippen molar-refractivity contribution in [2.45, 2.75) is 6.42 Å². The molecule has 1 aromatic carbocycles. The summed E-state index contributed by atoms with van der Waals surface area (Å²) in [6, 6.07) is 6.13. The van der Waals surface area contributed by atoms with Gasteiger partial charge < -0.3 is 9.64 Å². The van der Waals surface area contributed by atoms with Gasteiger partial charge in [0.05, 0.1) is 7.11 Å². The topological polar surface area (TPSA) is 12.5 Å². The number of allylic oxidation sites excluding steroid dienone is 1. The van der Waals surface area contributed by atoms with E-state index < -0.39 is 0 Å². The minimum atomic E-state index is 0.918. The number of ether oxygens (including phenoxy) is 1. The molecule has 0 amide bonds. The van der Waals surface area contributed by atoms with Gasteiger partial charge in [0.2, 0.25) is 0 Å². The lowest BCUT2D eigenvalue weighted by Crippen LogP contribution is -2.09. The average Bonchev–Trinajstić information content (AvgIpc) is 2.42.